The van der Waals surface area contributed by atoms with Crippen LogP contribution in [0.5, 0.6) is 0 Å². The number of nitrogens with zero attached hydrogens (tertiary/aromatic N) is 2. The van der Waals surface area contributed by atoms with Crippen LogP contribution in [0.3, 0.4) is 0 Å². The lowest BCUT2D eigenvalue weighted by Gasteiger charge is -2.23. The molecular formula is C17H27N3O4. The largest absolute Gasteiger partial charge is 0.379 e. The molecule has 2 aliphatic heterocycles. The summed E-state index contributed by atoms with van der Waals surface area (Å²) < 4.78 is 16.4. The molecule has 2 atom stereocenters. The number of rotatable bonds is 7. The van der Waals surface area contributed by atoms with Crippen LogP contribution in [0.4, 0.5) is 4.79 Å². The lowest BCUT2D eigenvalue weighted by Crippen LogP contribution is -2.40. The zero-order chi connectivity index (χ0) is 16.8. The molecule has 2 saturated heterocycles. The van der Waals surface area contributed by atoms with Crippen LogP contribution in [0.25, 0.3) is 0 Å². The van der Waals surface area contributed by atoms with Crippen LogP contribution in [-0.2, 0) is 9.47 Å². The zero-order valence-electron chi connectivity index (χ0n) is 14.3. The second kappa shape index (κ2) is 8.48. The number of hydrogen-bond acceptors (Lipinski definition) is 5. The average molecular weight is 337 g/mol. The van der Waals surface area contributed by atoms with Gasteiger partial charge in [0.25, 0.3) is 0 Å². The molecule has 1 aromatic rings. The Bertz CT molecular complexity index is 528. The van der Waals surface area contributed by atoms with Crippen LogP contribution < -0.4 is 5.32 Å². The summed E-state index contributed by atoms with van der Waals surface area (Å²) in [7, 11) is 0. The first kappa shape index (κ1) is 17.2. The van der Waals surface area contributed by atoms with E-state index in [1.807, 2.05) is 17.9 Å². The molecule has 0 radical (unpaired) electrons. The standard InChI is InChI=1S/C17H27N3O4/c1-13-11-16(24-19-13)15-6-2-8-20(15)17(21)18-7-4-9-22-12-14-5-3-10-23-14/h11,14-15H,2-10,12H2,1H3,(H,18,21). The summed E-state index contributed by atoms with van der Waals surface area (Å²) in [5, 5.41) is 6.90. The minimum absolute atomic E-state index is 0.00182. The summed E-state index contributed by atoms with van der Waals surface area (Å²) in [5.74, 6) is 0.778. The van der Waals surface area contributed by atoms with Gasteiger partial charge in [-0.1, -0.05) is 5.16 Å². The predicted molar refractivity (Wildman–Crippen MR) is 87.7 cm³/mol. The van der Waals surface area contributed by atoms with Crippen molar-refractivity contribution in [2.45, 2.75) is 51.2 Å². The normalized spacial score (nSPS) is 23.8. The molecule has 3 heterocycles. The number of carbonyl (C=O) groups excluding carboxylic acids is 1. The first-order valence-electron chi connectivity index (χ1n) is 8.91. The fourth-order valence-corrected chi connectivity index (χ4v) is 3.31. The molecule has 0 aromatic carbocycles. The lowest BCUT2D eigenvalue weighted by atomic mass is 10.1. The third kappa shape index (κ3) is 4.48. The summed E-state index contributed by atoms with van der Waals surface area (Å²) in [6, 6.07) is 1.88. The second-order valence-corrected chi connectivity index (χ2v) is 6.52. The molecule has 0 saturated carbocycles. The van der Waals surface area contributed by atoms with Gasteiger partial charge >= 0.3 is 6.03 Å². The Morgan fingerprint density at radius 1 is 1.46 bits per heavy atom. The smallest absolute Gasteiger partial charge is 0.318 e. The SMILES string of the molecule is Cc1cc(C2CCCN2C(=O)NCCCOCC2CCCO2)on1. The minimum atomic E-state index is -0.0364. The molecule has 2 fully saturated rings. The van der Waals surface area contributed by atoms with Crippen LogP contribution in [0.1, 0.15) is 49.6 Å². The number of hydrogen-bond donors (Lipinski definition) is 1. The average Bonchev–Trinajstić information content (AvgIpc) is 3.30. The van der Waals surface area contributed by atoms with Crippen LogP contribution in [0.15, 0.2) is 10.6 Å². The molecule has 2 amide bonds. The van der Waals surface area contributed by atoms with Gasteiger partial charge in [-0.15, -0.1) is 0 Å². The first-order chi connectivity index (χ1) is 11.7. The number of ether oxygens (including phenoxy) is 2. The fourth-order valence-electron chi connectivity index (χ4n) is 3.31. The highest BCUT2D eigenvalue weighted by molar-refractivity contribution is 5.74. The van der Waals surface area contributed by atoms with Crippen molar-refractivity contribution in [3.05, 3.63) is 17.5 Å². The van der Waals surface area contributed by atoms with Gasteiger partial charge in [0.05, 0.1) is 24.4 Å². The van der Waals surface area contributed by atoms with Gasteiger partial charge in [0.2, 0.25) is 0 Å². The summed E-state index contributed by atoms with van der Waals surface area (Å²) in [6.45, 7) is 5.42. The zero-order valence-corrected chi connectivity index (χ0v) is 14.3. The Balaban J connectivity index is 1.33. The topological polar surface area (TPSA) is 76.8 Å². The maximum Gasteiger partial charge on any atom is 0.318 e. The van der Waals surface area contributed by atoms with Gasteiger partial charge in [-0.2, -0.15) is 0 Å². The molecule has 0 bridgehead atoms. The van der Waals surface area contributed by atoms with Gasteiger partial charge in [-0.05, 0) is 39.0 Å². The molecular weight excluding hydrogens is 310 g/mol. The van der Waals surface area contributed by atoms with E-state index in [2.05, 4.69) is 10.5 Å². The quantitative estimate of drug-likeness (QED) is 0.773. The fraction of sp³-hybridized carbons (Fsp3) is 0.765. The van der Waals surface area contributed by atoms with Crippen LogP contribution in [0, 0.1) is 6.92 Å². The van der Waals surface area contributed by atoms with E-state index >= 15 is 0 Å². The van der Waals surface area contributed by atoms with Crippen LogP contribution in [0.2, 0.25) is 0 Å². The van der Waals surface area contributed by atoms with E-state index in [4.69, 9.17) is 14.0 Å². The highest BCUT2D eigenvalue weighted by Crippen LogP contribution is 2.32. The minimum Gasteiger partial charge on any atom is -0.379 e. The number of aromatic nitrogens is 1. The Morgan fingerprint density at radius 3 is 3.12 bits per heavy atom. The van der Waals surface area contributed by atoms with Crippen LogP contribution >= 0.6 is 0 Å². The second-order valence-electron chi connectivity index (χ2n) is 6.52. The van der Waals surface area contributed by atoms with Gasteiger partial charge in [0, 0.05) is 32.4 Å². The number of aryl methyl sites for hydroxylation is 1. The Morgan fingerprint density at radius 2 is 2.38 bits per heavy atom. The van der Waals surface area contributed by atoms with Crippen molar-refractivity contribution in [2.24, 2.45) is 0 Å². The molecule has 24 heavy (non-hydrogen) atoms. The van der Waals surface area contributed by atoms with Gasteiger partial charge in [-0.25, -0.2) is 4.79 Å². The molecule has 2 aliphatic rings. The maximum absolute atomic E-state index is 12.4. The number of nitrogens with one attached hydrogen (secondary N) is 1. The third-order valence-corrected chi connectivity index (χ3v) is 4.56. The molecule has 0 spiro atoms. The summed E-state index contributed by atoms with van der Waals surface area (Å²) in [4.78, 5) is 14.2. The molecule has 1 aromatic heterocycles. The molecule has 2 unspecified atom stereocenters. The number of likely N-dealkylation sites (tertiary alicyclic amines) is 1. The van der Waals surface area contributed by atoms with Crippen molar-refractivity contribution < 1.29 is 18.8 Å². The van der Waals surface area contributed by atoms with Crippen LogP contribution in [-0.4, -0.2) is 55.1 Å². The van der Waals surface area contributed by atoms with Gasteiger partial charge < -0.3 is 24.2 Å². The lowest BCUT2D eigenvalue weighted by molar-refractivity contribution is 0.0167. The summed E-state index contributed by atoms with van der Waals surface area (Å²) in [6.07, 6.45) is 5.20. The number of urea groups is 1. The third-order valence-electron chi connectivity index (χ3n) is 4.56. The van der Waals surface area contributed by atoms with Crippen molar-refractivity contribution in [3.8, 4) is 0 Å². The van der Waals surface area contributed by atoms with Crippen molar-refractivity contribution in [2.75, 3.05) is 32.9 Å². The van der Waals surface area contributed by atoms with E-state index in [9.17, 15) is 4.79 Å². The predicted octanol–water partition coefficient (Wildman–Crippen LogP) is 2.42. The molecule has 3 rings (SSSR count). The van der Waals surface area contributed by atoms with E-state index in [1.54, 1.807) is 0 Å². The Hall–Kier alpha value is -1.60. The summed E-state index contributed by atoms with van der Waals surface area (Å²) >= 11 is 0. The van der Waals surface area contributed by atoms with Gasteiger partial charge in [-0.3, -0.25) is 0 Å². The molecule has 7 nitrogen and oxygen atoms in total. The maximum atomic E-state index is 12.4. The van der Waals surface area contributed by atoms with E-state index in [1.165, 1.54) is 0 Å². The Labute approximate surface area is 142 Å². The van der Waals surface area contributed by atoms with Gasteiger partial charge in [0.15, 0.2) is 5.76 Å². The molecule has 7 heteroatoms. The van der Waals surface area contributed by atoms with E-state index in [-0.39, 0.29) is 18.2 Å². The number of amides is 2. The van der Waals surface area contributed by atoms with Crippen molar-refractivity contribution in [1.82, 2.24) is 15.4 Å². The van der Waals surface area contributed by atoms with E-state index < -0.39 is 0 Å². The van der Waals surface area contributed by atoms with Crippen molar-refractivity contribution >= 4 is 6.03 Å². The van der Waals surface area contributed by atoms with E-state index in [0.717, 1.165) is 56.7 Å². The monoisotopic (exact) mass is 337 g/mol. The molecule has 0 aliphatic carbocycles. The van der Waals surface area contributed by atoms with Crippen molar-refractivity contribution in [3.63, 3.8) is 0 Å². The first-order valence-corrected chi connectivity index (χ1v) is 8.91. The molecule has 1 N–H and O–H groups in total. The summed E-state index contributed by atoms with van der Waals surface area (Å²) in [5.41, 5.74) is 0.848. The highest BCUT2D eigenvalue weighted by Gasteiger charge is 2.32. The molecule has 134 valence electrons. The Kier molecular flexibility index (Phi) is 6.09. The van der Waals surface area contributed by atoms with Crippen molar-refractivity contribution in [1.29, 1.82) is 0 Å². The van der Waals surface area contributed by atoms with E-state index in [0.29, 0.717) is 19.8 Å². The highest BCUT2D eigenvalue weighted by atomic mass is 16.5. The van der Waals surface area contributed by atoms with Gasteiger partial charge in [0.1, 0.15) is 0 Å². The number of carbonyl (C=O) groups is 1.